The van der Waals surface area contributed by atoms with Gasteiger partial charge in [0, 0.05) is 30.6 Å². The highest BCUT2D eigenvalue weighted by atomic mass is 35.5. The van der Waals surface area contributed by atoms with Gasteiger partial charge in [0.2, 0.25) is 12.0 Å². The number of halogens is 5. The van der Waals surface area contributed by atoms with Crippen LogP contribution in [0.5, 0.6) is 11.5 Å². The number of rotatable bonds is 10. The van der Waals surface area contributed by atoms with Crippen LogP contribution in [-0.2, 0) is 46.6 Å². The molecule has 0 spiro atoms. The lowest BCUT2D eigenvalue weighted by Crippen LogP contribution is -2.53. The number of hydrogen-bond acceptors (Lipinski definition) is 7. The number of hydrogen-bond donors (Lipinski definition) is 3. The quantitative estimate of drug-likeness (QED) is 0.115. The van der Waals surface area contributed by atoms with Crippen LogP contribution in [0.15, 0.2) is 127 Å². The summed E-state index contributed by atoms with van der Waals surface area (Å²) in [7, 11) is 0. The largest absolute Gasteiger partial charge is 0.489 e. The Labute approximate surface area is 380 Å². The number of nitriles is 1. The van der Waals surface area contributed by atoms with Crippen LogP contribution >= 0.6 is 23.2 Å². The second-order valence-corrected chi connectivity index (χ2v) is 15.8. The number of ether oxygens (including phenoxy) is 2. The minimum absolute atomic E-state index is 0.0292. The third kappa shape index (κ3) is 10.9. The molecular formula is C49H37Cl2F3N4O7. The molecule has 2 aliphatic rings. The van der Waals surface area contributed by atoms with Crippen molar-refractivity contribution in [1.82, 2.24) is 10.2 Å². The molecule has 6 aromatic rings. The Morgan fingerprint density at radius 3 is 2.23 bits per heavy atom. The molecule has 0 fully saturated rings. The highest BCUT2D eigenvalue weighted by molar-refractivity contribution is 6.42. The van der Waals surface area contributed by atoms with E-state index in [1.54, 1.807) is 66.7 Å². The summed E-state index contributed by atoms with van der Waals surface area (Å²) in [5.74, 6) is -0.769. The zero-order valence-corrected chi connectivity index (χ0v) is 35.6. The standard InChI is InChI=1S/C48H35Cl2F3N4O5.CH2O2/c49-39-17-8-30(20-40(39)50)27-61-38-15-13-33(14-16-38)44-46(59)56-41-22-35-23-42(45(58)55-19-18-28-4-9-31(10-5-28)32-11-6-29(25-54)7-12-32)57(26-36(35)24-43(41)62-44)47(60)34-2-1-3-37(21-34)48(51,52)53;2-1-3/h1-17,20-22,24,42,44H,18-19,23,26-27H2,(H,55,58)(H,56,59);1H,(H,2,3). The second kappa shape index (κ2) is 20.0. The Bertz CT molecular complexity index is 2780. The van der Waals surface area contributed by atoms with Gasteiger partial charge >= 0.3 is 6.18 Å². The SMILES string of the molecule is N#Cc1ccc(-c2ccc(CCNC(=O)C3Cc4cc5c(cc4CN3C(=O)c3cccc(C(F)(F)F)c3)OC(c3ccc(OCc4ccc(Cl)c(Cl)c4)cc3)C(=O)N5)cc2)cc1.O=CO. The topological polar surface area (TPSA) is 158 Å². The fourth-order valence-corrected chi connectivity index (χ4v) is 7.76. The third-order valence-electron chi connectivity index (χ3n) is 10.8. The van der Waals surface area contributed by atoms with Crippen molar-refractivity contribution in [3.8, 4) is 28.7 Å². The first-order valence-corrected chi connectivity index (χ1v) is 20.7. The molecule has 8 rings (SSSR count). The molecule has 0 bridgehead atoms. The molecule has 0 radical (unpaired) electrons. The fraction of sp³-hybridized carbons (Fsp3) is 0.163. The van der Waals surface area contributed by atoms with E-state index < -0.39 is 41.6 Å². The molecule has 0 saturated carbocycles. The van der Waals surface area contributed by atoms with Gasteiger partial charge in [-0.25, -0.2) is 0 Å². The number of carbonyl (C=O) groups excluding carboxylic acids is 3. The maximum absolute atomic E-state index is 14.1. The van der Waals surface area contributed by atoms with Crippen LogP contribution in [0.25, 0.3) is 11.1 Å². The van der Waals surface area contributed by atoms with Crippen molar-refractivity contribution in [2.24, 2.45) is 0 Å². The first-order chi connectivity index (χ1) is 31.2. The molecule has 2 heterocycles. The van der Waals surface area contributed by atoms with Gasteiger partial charge in [0.05, 0.1) is 32.9 Å². The van der Waals surface area contributed by atoms with E-state index >= 15 is 0 Å². The van der Waals surface area contributed by atoms with E-state index in [1.807, 2.05) is 36.4 Å². The molecule has 0 aromatic heterocycles. The van der Waals surface area contributed by atoms with Crippen LogP contribution in [-0.4, -0.2) is 46.8 Å². The molecule has 0 aliphatic carbocycles. The summed E-state index contributed by atoms with van der Waals surface area (Å²) in [6.07, 6.45) is -5.21. The first-order valence-electron chi connectivity index (χ1n) is 20.0. The zero-order chi connectivity index (χ0) is 46.3. The van der Waals surface area contributed by atoms with Gasteiger partial charge in [-0.1, -0.05) is 83.9 Å². The van der Waals surface area contributed by atoms with Gasteiger partial charge in [0.25, 0.3) is 18.3 Å². The molecule has 6 aromatic carbocycles. The van der Waals surface area contributed by atoms with Crippen molar-refractivity contribution >= 4 is 53.1 Å². The number of amides is 3. The van der Waals surface area contributed by atoms with Crippen LogP contribution in [0.3, 0.4) is 0 Å². The number of alkyl halides is 3. The number of fused-ring (bicyclic) bond motifs is 2. The molecule has 16 heteroatoms. The molecule has 2 atom stereocenters. The highest BCUT2D eigenvalue weighted by Crippen LogP contribution is 2.40. The fourth-order valence-electron chi connectivity index (χ4n) is 7.44. The molecule has 330 valence electrons. The number of nitrogens with zero attached hydrogens (tertiary/aromatic N) is 2. The Balaban J connectivity index is 0.00000204. The molecule has 2 unspecified atom stereocenters. The van der Waals surface area contributed by atoms with Crippen molar-refractivity contribution in [3.63, 3.8) is 0 Å². The van der Waals surface area contributed by atoms with Crippen molar-refractivity contribution < 1.29 is 46.9 Å². The summed E-state index contributed by atoms with van der Waals surface area (Å²) in [6, 6.07) is 35.6. The predicted molar refractivity (Wildman–Crippen MR) is 236 cm³/mol. The van der Waals surface area contributed by atoms with Crippen molar-refractivity contribution in [2.45, 2.75) is 44.3 Å². The minimum atomic E-state index is -4.68. The number of carboxylic acid groups (broad SMARTS) is 1. The molecule has 2 aliphatic heterocycles. The van der Waals surface area contributed by atoms with Crippen molar-refractivity contribution in [1.29, 1.82) is 5.26 Å². The number of carbonyl (C=O) groups is 4. The average molecular weight is 922 g/mol. The number of nitrogens with one attached hydrogen (secondary N) is 2. The van der Waals surface area contributed by atoms with Crippen LogP contribution in [0, 0.1) is 11.3 Å². The van der Waals surface area contributed by atoms with E-state index in [1.165, 1.54) is 11.0 Å². The summed E-state index contributed by atoms with van der Waals surface area (Å²) in [5, 5.41) is 22.7. The van der Waals surface area contributed by atoms with Gasteiger partial charge in [-0.2, -0.15) is 18.4 Å². The first kappa shape index (κ1) is 45.7. The number of anilines is 1. The summed E-state index contributed by atoms with van der Waals surface area (Å²) in [6.45, 7) is 0.103. The van der Waals surface area contributed by atoms with E-state index in [9.17, 15) is 27.6 Å². The van der Waals surface area contributed by atoms with Gasteiger partial charge in [-0.05, 0) is 107 Å². The van der Waals surface area contributed by atoms with Gasteiger partial charge in [0.1, 0.15) is 24.1 Å². The van der Waals surface area contributed by atoms with Gasteiger partial charge in [-0.3, -0.25) is 19.2 Å². The summed E-state index contributed by atoms with van der Waals surface area (Å²) >= 11 is 12.1. The van der Waals surface area contributed by atoms with Crippen LogP contribution in [0.2, 0.25) is 10.0 Å². The van der Waals surface area contributed by atoms with E-state index in [4.69, 9.17) is 47.8 Å². The molecule has 3 N–H and O–H groups in total. The van der Waals surface area contributed by atoms with Crippen LogP contribution in [0.1, 0.15) is 55.4 Å². The molecule has 3 amide bonds. The third-order valence-corrected chi connectivity index (χ3v) is 11.5. The Hall–Kier alpha value is -7.34. The van der Waals surface area contributed by atoms with Gasteiger partial charge < -0.3 is 30.1 Å². The van der Waals surface area contributed by atoms with E-state index in [0.717, 1.165) is 40.5 Å². The number of benzene rings is 6. The van der Waals surface area contributed by atoms with Crippen molar-refractivity contribution in [3.05, 3.63) is 182 Å². The lowest BCUT2D eigenvalue weighted by molar-refractivity contribution is -0.137. The average Bonchev–Trinajstić information content (AvgIpc) is 3.31. The minimum Gasteiger partial charge on any atom is -0.489 e. The highest BCUT2D eigenvalue weighted by Gasteiger charge is 2.38. The predicted octanol–water partition coefficient (Wildman–Crippen LogP) is 9.83. The van der Waals surface area contributed by atoms with E-state index in [2.05, 4.69) is 16.7 Å². The zero-order valence-electron chi connectivity index (χ0n) is 34.1. The van der Waals surface area contributed by atoms with Crippen LogP contribution < -0.4 is 20.1 Å². The molecule has 0 saturated heterocycles. The lowest BCUT2D eigenvalue weighted by Gasteiger charge is -2.37. The normalized spacial score (nSPS) is 15.1. The summed E-state index contributed by atoms with van der Waals surface area (Å²) in [4.78, 5) is 51.1. The molecule has 65 heavy (non-hydrogen) atoms. The molecular weight excluding hydrogens is 884 g/mol. The van der Waals surface area contributed by atoms with Gasteiger partial charge in [-0.15, -0.1) is 0 Å². The second-order valence-electron chi connectivity index (χ2n) is 15.0. The monoisotopic (exact) mass is 920 g/mol. The maximum Gasteiger partial charge on any atom is 0.416 e. The molecule has 11 nitrogen and oxygen atoms in total. The van der Waals surface area contributed by atoms with Crippen LogP contribution in [0.4, 0.5) is 18.9 Å². The van der Waals surface area contributed by atoms with E-state index in [0.29, 0.717) is 55.9 Å². The maximum atomic E-state index is 14.1. The summed E-state index contributed by atoms with van der Waals surface area (Å²) < 4.78 is 53.3. The van der Waals surface area contributed by atoms with Crippen molar-refractivity contribution in [2.75, 3.05) is 11.9 Å². The Kier molecular flexibility index (Phi) is 14.1. The Morgan fingerprint density at radius 2 is 1.57 bits per heavy atom. The smallest absolute Gasteiger partial charge is 0.416 e. The van der Waals surface area contributed by atoms with Gasteiger partial charge in [0.15, 0.2) is 0 Å². The van der Waals surface area contributed by atoms with E-state index in [-0.39, 0.29) is 38.2 Å². The Morgan fingerprint density at radius 1 is 0.892 bits per heavy atom. The summed E-state index contributed by atoms with van der Waals surface area (Å²) in [5.41, 5.74) is 5.25. The lowest BCUT2D eigenvalue weighted by atomic mass is 9.91.